The van der Waals surface area contributed by atoms with Crippen LogP contribution in [0.2, 0.25) is 0 Å². The molecule has 0 aliphatic carbocycles. The number of anilines is 2. The summed E-state index contributed by atoms with van der Waals surface area (Å²) in [5.74, 6) is -0.531. The van der Waals surface area contributed by atoms with E-state index >= 15 is 4.39 Å². The Balaban J connectivity index is 1.34. The fourth-order valence-corrected chi connectivity index (χ4v) is 4.74. The van der Waals surface area contributed by atoms with E-state index in [4.69, 9.17) is 4.74 Å². The first kappa shape index (κ1) is 21.9. The van der Waals surface area contributed by atoms with Crippen LogP contribution in [0.25, 0.3) is 16.7 Å². The molecule has 184 valence electrons. The summed E-state index contributed by atoms with van der Waals surface area (Å²) in [5, 5.41) is 17.1. The van der Waals surface area contributed by atoms with Crippen LogP contribution < -0.4 is 20.0 Å². The predicted octanol–water partition coefficient (Wildman–Crippen LogP) is 1.49. The Labute approximate surface area is 203 Å². The van der Waals surface area contributed by atoms with Crippen LogP contribution in [0.4, 0.5) is 16.0 Å². The molecule has 1 unspecified atom stereocenters. The van der Waals surface area contributed by atoms with Crippen molar-refractivity contribution in [3.05, 3.63) is 58.8 Å². The third kappa shape index (κ3) is 3.42. The molecule has 0 radical (unpaired) electrons. The second kappa shape index (κ2) is 8.29. The number of halogens is 1. The number of benzene rings is 1. The highest BCUT2D eigenvalue weighted by Crippen LogP contribution is 2.42. The van der Waals surface area contributed by atoms with Crippen molar-refractivity contribution < 1.29 is 19.0 Å². The zero-order valence-corrected chi connectivity index (χ0v) is 19.2. The molecule has 2 aliphatic rings. The van der Waals surface area contributed by atoms with Crippen molar-refractivity contribution in [3.63, 3.8) is 0 Å². The lowest BCUT2D eigenvalue weighted by atomic mass is 10.1. The molecule has 12 nitrogen and oxygen atoms in total. The molecule has 0 amide bonds. The van der Waals surface area contributed by atoms with E-state index in [0.717, 1.165) is 6.07 Å². The number of ether oxygens (including phenoxy) is 1. The highest BCUT2D eigenvalue weighted by molar-refractivity contribution is 5.97. The van der Waals surface area contributed by atoms with Crippen LogP contribution >= 0.6 is 0 Å². The summed E-state index contributed by atoms with van der Waals surface area (Å²) in [7, 11) is 0. The highest BCUT2D eigenvalue weighted by atomic mass is 19.1. The first-order valence-electron chi connectivity index (χ1n) is 11.4. The van der Waals surface area contributed by atoms with Gasteiger partial charge in [-0.15, -0.1) is 10.2 Å². The van der Waals surface area contributed by atoms with Crippen molar-refractivity contribution >= 4 is 28.5 Å². The van der Waals surface area contributed by atoms with Gasteiger partial charge in [-0.2, -0.15) is 4.98 Å². The van der Waals surface area contributed by atoms with Gasteiger partial charge in [0.25, 0.3) is 0 Å². The van der Waals surface area contributed by atoms with Gasteiger partial charge in [-0.05, 0) is 19.1 Å². The van der Waals surface area contributed by atoms with Gasteiger partial charge in [0.15, 0.2) is 11.6 Å². The van der Waals surface area contributed by atoms with E-state index in [2.05, 4.69) is 20.2 Å². The minimum atomic E-state index is -1.35. The Morgan fingerprint density at radius 1 is 1.17 bits per heavy atom. The van der Waals surface area contributed by atoms with E-state index < -0.39 is 22.8 Å². The van der Waals surface area contributed by atoms with Crippen LogP contribution in [0.1, 0.15) is 23.3 Å². The third-order valence-electron chi connectivity index (χ3n) is 6.56. The molecule has 1 fully saturated rings. The number of rotatable bonds is 4. The van der Waals surface area contributed by atoms with Crippen LogP contribution in [-0.4, -0.2) is 73.2 Å². The topological polar surface area (TPSA) is 132 Å². The fraction of sp³-hybridized carbons (Fsp3) is 0.304. The summed E-state index contributed by atoms with van der Waals surface area (Å²) in [6.07, 6.45) is 6.09. The first-order chi connectivity index (χ1) is 17.4. The Morgan fingerprint density at radius 3 is 2.61 bits per heavy atom. The monoisotopic (exact) mass is 492 g/mol. The van der Waals surface area contributed by atoms with Crippen LogP contribution in [0.15, 0.2) is 42.0 Å². The van der Waals surface area contributed by atoms with E-state index in [1.165, 1.54) is 6.20 Å². The summed E-state index contributed by atoms with van der Waals surface area (Å²) in [5.41, 5.74) is -0.443. The Bertz CT molecular complexity index is 1550. The number of piperazine rings is 1. The molecule has 3 aromatic heterocycles. The van der Waals surface area contributed by atoms with Gasteiger partial charge < -0.3 is 24.2 Å². The number of nitrogens with zero attached hydrogens (tertiary/aromatic N) is 8. The van der Waals surface area contributed by atoms with Crippen molar-refractivity contribution in [3.8, 4) is 11.6 Å². The molecule has 13 heteroatoms. The molecule has 0 bridgehead atoms. The van der Waals surface area contributed by atoms with Crippen molar-refractivity contribution in [1.29, 1.82) is 0 Å². The molecular formula is C23H21FN8O4. The van der Waals surface area contributed by atoms with E-state index in [0.29, 0.717) is 43.5 Å². The smallest absolute Gasteiger partial charge is 0.341 e. The molecule has 0 spiro atoms. The number of carboxylic acids is 1. The van der Waals surface area contributed by atoms with Crippen molar-refractivity contribution in [2.24, 2.45) is 0 Å². The van der Waals surface area contributed by atoms with Crippen molar-refractivity contribution in [2.75, 3.05) is 42.6 Å². The van der Waals surface area contributed by atoms with Crippen LogP contribution in [0.3, 0.4) is 0 Å². The molecule has 36 heavy (non-hydrogen) atoms. The van der Waals surface area contributed by atoms with Crippen LogP contribution in [-0.2, 0) is 0 Å². The molecule has 4 aromatic rings. The second-order valence-corrected chi connectivity index (χ2v) is 8.73. The molecule has 1 N–H and O–H groups in total. The van der Waals surface area contributed by atoms with Gasteiger partial charge in [0.05, 0.1) is 16.9 Å². The SMILES string of the molecule is CC1COc2c(N3CCN(c4nccc(-n5cnnc5)n4)CC3)c(F)cc3c(=O)c(C(=O)O)cn1c23. The van der Waals surface area contributed by atoms with Gasteiger partial charge in [-0.3, -0.25) is 9.36 Å². The first-order valence-corrected chi connectivity index (χ1v) is 11.4. The van der Waals surface area contributed by atoms with Gasteiger partial charge in [-0.25, -0.2) is 14.2 Å². The molecule has 2 aliphatic heterocycles. The zero-order chi connectivity index (χ0) is 25.0. The van der Waals surface area contributed by atoms with E-state index in [-0.39, 0.29) is 29.5 Å². The maximum atomic E-state index is 15.5. The summed E-state index contributed by atoms with van der Waals surface area (Å²) < 4.78 is 24.8. The van der Waals surface area contributed by atoms with E-state index in [1.807, 2.05) is 16.7 Å². The lowest BCUT2D eigenvalue weighted by Gasteiger charge is -2.38. The molecule has 0 saturated carbocycles. The number of pyridine rings is 1. The fourth-order valence-electron chi connectivity index (χ4n) is 4.74. The lowest BCUT2D eigenvalue weighted by Crippen LogP contribution is -2.47. The largest absolute Gasteiger partial charge is 0.487 e. The number of hydrogen-bond donors (Lipinski definition) is 1. The van der Waals surface area contributed by atoms with Crippen LogP contribution in [0, 0.1) is 5.82 Å². The standard InChI is InChI=1S/C23H21FN8O4/c1-13-10-36-21-18-14(20(33)15(22(34)35)9-32(13)18)8-16(24)19(21)29-4-6-30(7-5-29)23-25-3-2-17(28-23)31-11-26-27-12-31/h2-3,8-9,11-13H,4-7,10H2,1H3,(H,34,35). The zero-order valence-electron chi connectivity index (χ0n) is 19.2. The van der Waals surface area contributed by atoms with E-state index in [1.54, 1.807) is 34.1 Å². The number of aromatic carboxylic acids is 1. The molecule has 5 heterocycles. The number of hydrogen-bond acceptors (Lipinski definition) is 9. The molecular weight excluding hydrogens is 471 g/mol. The highest BCUT2D eigenvalue weighted by Gasteiger charge is 2.31. The minimum Gasteiger partial charge on any atom is -0.487 e. The summed E-state index contributed by atoms with van der Waals surface area (Å²) in [6.45, 7) is 4.07. The number of carbonyl (C=O) groups is 1. The average Bonchev–Trinajstić information content (AvgIpc) is 3.42. The number of aromatic nitrogens is 6. The number of carboxylic acid groups (broad SMARTS) is 1. The van der Waals surface area contributed by atoms with Gasteiger partial charge in [0.2, 0.25) is 11.4 Å². The predicted molar refractivity (Wildman–Crippen MR) is 127 cm³/mol. The minimum absolute atomic E-state index is 0.00413. The summed E-state index contributed by atoms with van der Waals surface area (Å²) >= 11 is 0. The normalized spacial score (nSPS) is 17.3. The maximum Gasteiger partial charge on any atom is 0.341 e. The Morgan fingerprint density at radius 2 is 1.89 bits per heavy atom. The Hall–Kier alpha value is -4.55. The van der Waals surface area contributed by atoms with Gasteiger partial charge in [0, 0.05) is 38.6 Å². The molecule has 1 aromatic carbocycles. The van der Waals surface area contributed by atoms with E-state index in [9.17, 15) is 14.7 Å². The summed E-state index contributed by atoms with van der Waals surface area (Å²) in [6, 6.07) is 2.66. The lowest BCUT2D eigenvalue weighted by molar-refractivity contribution is 0.0694. The van der Waals surface area contributed by atoms with Gasteiger partial charge >= 0.3 is 5.97 Å². The van der Waals surface area contributed by atoms with Crippen molar-refractivity contribution in [1.82, 2.24) is 29.3 Å². The quantitative estimate of drug-likeness (QED) is 0.447. The van der Waals surface area contributed by atoms with Crippen LogP contribution in [0.5, 0.6) is 5.75 Å². The van der Waals surface area contributed by atoms with Gasteiger partial charge in [-0.1, -0.05) is 0 Å². The molecule has 1 saturated heterocycles. The second-order valence-electron chi connectivity index (χ2n) is 8.73. The summed E-state index contributed by atoms with van der Waals surface area (Å²) in [4.78, 5) is 37.3. The molecule has 6 rings (SSSR count). The Kier molecular flexibility index (Phi) is 5.05. The maximum absolute atomic E-state index is 15.5. The van der Waals surface area contributed by atoms with Crippen molar-refractivity contribution in [2.45, 2.75) is 13.0 Å². The van der Waals surface area contributed by atoms with Gasteiger partial charge in [0.1, 0.15) is 36.3 Å². The molecule has 1 atom stereocenters. The third-order valence-corrected chi connectivity index (χ3v) is 6.56. The average molecular weight is 492 g/mol.